The van der Waals surface area contributed by atoms with Crippen molar-refractivity contribution >= 4 is 10.9 Å². The van der Waals surface area contributed by atoms with Crippen LogP contribution in [0.15, 0.2) is 18.2 Å². The van der Waals surface area contributed by atoms with Crippen molar-refractivity contribution in [3.8, 4) is 0 Å². The molecule has 2 heterocycles. The van der Waals surface area contributed by atoms with Gasteiger partial charge in [0, 0.05) is 17.6 Å². The van der Waals surface area contributed by atoms with E-state index in [4.69, 9.17) is 0 Å². The number of fused-ring (bicyclic) bond motifs is 3. The van der Waals surface area contributed by atoms with E-state index in [1.165, 1.54) is 25.8 Å². The smallest absolute Gasteiger partial charge is 0.0518 e. The van der Waals surface area contributed by atoms with Crippen molar-refractivity contribution in [1.82, 2.24) is 4.57 Å². The summed E-state index contributed by atoms with van der Waals surface area (Å²) in [4.78, 5) is 0. The highest BCUT2D eigenvalue weighted by Crippen LogP contribution is 2.43. The molecular formula is C14H15N. The first-order valence-electron chi connectivity index (χ1n) is 5.99. The van der Waals surface area contributed by atoms with Crippen LogP contribution in [0.3, 0.4) is 0 Å². The van der Waals surface area contributed by atoms with Crippen LogP contribution in [0, 0.1) is 0 Å². The molecule has 2 aromatic rings. The van der Waals surface area contributed by atoms with Crippen molar-refractivity contribution < 1.29 is 0 Å². The normalized spacial score (nSPS) is 22.6. The minimum atomic E-state index is 0.775. The summed E-state index contributed by atoms with van der Waals surface area (Å²) >= 11 is 0. The molecule has 2 aliphatic rings. The summed E-state index contributed by atoms with van der Waals surface area (Å²) in [7, 11) is 0. The van der Waals surface area contributed by atoms with Crippen LogP contribution in [-0.4, -0.2) is 4.57 Å². The van der Waals surface area contributed by atoms with Gasteiger partial charge in [0.25, 0.3) is 0 Å². The molecule has 0 spiro atoms. The minimum Gasteiger partial charge on any atom is -0.344 e. The number of hydrogen-bond donors (Lipinski definition) is 0. The zero-order chi connectivity index (χ0) is 9.99. The Morgan fingerprint density at radius 1 is 1.27 bits per heavy atom. The number of aryl methyl sites for hydroxylation is 2. The second-order valence-corrected chi connectivity index (χ2v) is 5.02. The van der Waals surface area contributed by atoms with Crippen LogP contribution in [-0.2, 0) is 19.4 Å². The maximum atomic E-state index is 2.59. The van der Waals surface area contributed by atoms with Gasteiger partial charge in [0.15, 0.2) is 0 Å². The van der Waals surface area contributed by atoms with Gasteiger partial charge in [-0.3, -0.25) is 0 Å². The lowest BCUT2D eigenvalue weighted by molar-refractivity contribution is 0.708. The first kappa shape index (κ1) is 7.98. The summed E-state index contributed by atoms with van der Waals surface area (Å²) in [5.74, 6) is 0.775. The summed E-state index contributed by atoms with van der Waals surface area (Å²) in [6.45, 7) is 3.60. The van der Waals surface area contributed by atoms with Crippen molar-refractivity contribution in [1.29, 1.82) is 0 Å². The van der Waals surface area contributed by atoms with Crippen LogP contribution in [0.2, 0.25) is 0 Å². The van der Waals surface area contributed by atoms with Crippen molar-refractivity contribution in [3.05, 3.63) is 35.0 Å². The number of benzene rings is 1. The Kier molecular flexibility index (Phi) is 1.31. The molecule has 15 heavy (non-hydrogen) atoms. The molecule has 0 fully saturated rings. The molecule has 1 atom stereocenters. The minimum absolute atomic E-state index is 0.775. The standard InChI is InChI=1S/C14H15N/c1-9-5-6-12-13(9)11-4-2-3-10-7-8-15(12)14(10)11/h2-4,9H,5-8H2,1H3/t9-/m0/s1. The lowest BCUT2D eigenvalue weighted by Crippen LogP contribution is -1.96. The van der Waals surface area contributed by atoms with Gasteiger partial charge in [0.05, 0.1) is 5.52 Å². The molecule has 1 aliphatic carbocycles. The lowest BCUT2D eigenvalue weighted by Gasteiger charge is -2.02. The Balaban J connectivity index is 2.22. The van der Waals surface area contributed by atoms with Crippen molar-refractivity contribution in [3.63, 3.8) is 0 Å². The quantitative estimate of drug-likeness (QED) is 0.611. The van der Waals surface area contributed by atoms with Gasteiger partial charge in [-0.15, -0.1) is 0 Å². The van der Waals surface area contributed by atoms with Crippen LogP contribution in [0.5, 0.6) is 0 Å². The summed E-state index contributed by atoms with van der Waals surface area (Å²) < 4.78 is 2.59. The molecule has 4 rings (SSSR count). The lowest BCUT2D eigenvalue weighted by atomic mass is 10.0. The Morgan fingerprint density at radius 3 is 3.13 bits per heavy atom. The summed E-state index contributed by atoms with van der Waals surface area (Å²) in [6.07, 6.45) is 3.89. The first-order valence-corrected chi connectivity index (χ1v) is 5.99. The van der Waals surface area contributed by atoms with Crippen LogP contribution >= 0.6 is 0 Å². The molecular weight excluding hydrogens is 182 g/mol. The average molecular weight is 197 g/mol. The summed E-state index contributed by atoms with van der Waals surface area (Å²) in [6, 6.07) is 6.85. The zero-order valence-corrected chi connectivity index (χ0v) is 9.09. The number of aromatic nitrogens is 1. The second-order valence-electron chi connectivity index (χ2n) is 5.02. The molecule has 0 saturated heterocycles. The molecule has 76 valence electrons. The van der Waals surface area contributed by atoms with Gasteiger partial charge in [-0.05, 0) is 36.3 Å². The van der Waals surface area contributed by atoms with Crippen LogP contribution in [0.25, 0.3) is 10.9 Å². The molecule has 0 amide bonds. The van der Waals surface area contributed by atoms with Gasteiger partial charge in [-0.2, -0.15) is 0 Å². The molecule has 1 aliphatic heterocycles. The van der Waals surface area contributed by atoms with Gasteiger partial charge in [-0.25, -0.2) is 0 Å². The maximum absolute atomic E-state index is 2.59. The fourth-order valence-electron chi connectivity index (χ4n) is 3.56. The monoisotopic (exact) mass is 197 g/mol. The van der Waals surface area contributed by atoms with Crippen LogP contribution < -0.4 is 0 Å². The van der Waals surface area contributed by atoms with E-state index in [0.29, 0.717) is 0 Å². The molecule has 1 heteroatoms. The molecule has 1 aromatic carbocycles. The Hall–Kier alpha value is -1.24. The van der Waals surface area contributed by atoms with E-state index < -0.39 is 0 Å². The fourth-order valence-corrected chi connectivity index (χ4v) is 3.56. The van der Waals surface area contributed by atoms with E-state index in [-0.39, 0.29) is 0 Å². The summed E-state index contributed by atoms with van der Waals surface area (Å²) in [5.41, 5.74) is 6.41. The first-order chi connectivity index (χ1) is 7.36. The molecule has 0 bridgehead atoms. The van der Waals surface area contributed by atoms with Crippen molar-refractivity contribution in [2.75, 3.05) is 0 Å². The van der Waals surface area contributed by atoms with Crippen molar-refractivity contribution in [2.24, 2.45) is 0 Å². The van der Waals surface area contributed by atoms with E-state index >= 15 is 0 Å². The molecule has 0 radical (unpaired) electrons. The molecule has 1 aromatic heterocycles. The molecule has 0 saturated carbocycles. The Morgan fingerprint density at radius 2 is 2.20 bits per heavy atom. The van der Waals surface area contributed by atoms with Crippen LogP contribution in [0.4, 0.5) is 0 Å². The van der Waals surface area contributed by atoms with E-state index in [9.17, 15) is 0 Å². The Bertz CT molecular complexity index is 562. The van der Waals surface area contributed by atoms with E-state index in [2.05, 4.69) is 29.7 Å². The fraction of sp³-hybridized carbons (Fsp3) is 0.429. The largest absolute Gasteiger partial charge is 0.344 e. The highest BCUT2D eigenvalue weighted by atomic mass is 15.0. The van der Waals surface area contributed by atoms with Gasteiger partial charge >= 0.3 is 0 Å². The molecule has 0 unspecified atom stereocenters. The van der Waals surface area contributed by atoms with E-state index in [1.807, 2.05) is 0 Å². The van der Waals surface area contributed by atoms with Crippen LogP contribution in [0.1, 0.15) is 36.1 Å². The third-order valence-electron chi connectivity index (χ3n) is 4.23. The third-order valence-corrected chi connectivity index (χ3v) is 4.23. The number of nitrogens with zero attached hydrogens (tertiary/aromatic N) is 1. The second kappa shape index (κ2) is 2.46. The highest BCUT2D eigenvalue weighted by molar-refractivity contribution is 5.90. The van der Waals surface area contributed by atoms with Gasteiger partial charge in [0.2, 0.25) is 0 Å². The Labute approximate surface area is 89.7 Å². The summed E-state index contributed by atoms with van der Waals surface area (Å²) in [5, 5.41) is 1.55. The molecule has 0 N–H and O–H groups in total. The highest BCUT2D eigenvalue weighted by Gasteiger charge is 2.29. The number of rotatable bonds is 0. The number of para-hydroxylation sites is 1. The van der Waals surface area contributed by atoms with E-state index in [0.717, 1.165) is 5.92 Å². The zero-order valence-electron chi connectivity index (χ0n) is 9.09. The average Bonchev–Trinajstić information content (AvgIpc) is 2.87. The van der Waals surface area contributed by atoms with Gasteiger partial charge < -0.3 is 4.57 Å². The predicted octanol–water partition coefficient (Wildman–Crippen LogP) is 3.25. The molecule has 1 nitrogen and oxygen atoms in total. The predicted molar refractivity (Wildman–Crippen MR) is 62.4 cm³/mol. The van der Waals surface area contributed by atoms with Crippen molar-refractivity contribution in [2.45, 2.75) is 38.6 Å². The maximum Gasteiger partial charge on any atom is 0.0518 e. The van der Waals surface area contributed by atoms with E-state index in [1.54, 1.807) is 27.7 Å². The topological polar surface area (TPSA) is 4.93 Å². The third kappa shape index (κ3) is 0.808. The van der Waals surface area contributed by atoms with Gasteiger partial charge in [0.1, 0.15) is 0 Å². The number of hydrogen-bond acceptors (Lipinski definition) is 0. The van der Waals surface area contributed by atoms with Gasteiger partial charge in [-0.1, -0.05) is 25.1 Å². The SMILES string of the molecule is C[C@H]1CCc2c1c1cccc3c1n2CC3.